The zero-order valence-electron chi connectivity index (χ0n) is 10.6. The van der Waals surface area contributed by atoms with E-state index in [0.717, 1.165) is 27.8 Å². The van der Waals surface area contributed by atoms with Crippen molar-refractivity contribution in [2.75, 3.05) is 0 Å². The standard InChI is InChI=1S/C15H15BrN2O/c1-9-4-5-18-8-12(9)15-7-13(17)11-3-2-10(16)6-14(11)19-15/h2-6,8,13,15H,7,17H2,1H3/t13-,15?/m0/s1. The summed E-state index contributed by atoms with van der Waals surface area (Å²) in [6, 6.07) is 8.00. The van der Waals surface area contributed by atoms with Gasteiger partial charge >= 0.3 is 0 Å². The number of nitrogens with zero attached hydrogens (tertiary/aromatic N) is 1. The molecule has 4 heteroatoms. The zero-order chi connectivity index (χ0) is 13.4. The van der Waals surface area contributed by atoms with E-state index in [0.29, 0.717) is 0 Å². The molecule has 1 unspecified atom stereocenters. The van der Waals surface area contributed by atoms with Crippen molar-refractivity contribution in [3.05, 3.63) is 57.8 Å². The van der Waals surface area contributed by atoms with Crippen molar-refractivity contribution in [3.8, 4) is 5.75 Å². The lowest BCUT2D eigenvalue weighted by atomic mass is 9.93. The van der Waals surface area contributed by atoms with Crippen LogP contribution in [0.3, 0.4) is 0 Å². The Bertz CT molecular complexity index is 615. The van der Waals surface area contributed by atoms with Crippen LogP contribution in [-0.4, -0.2) is 4.98 Å². The SMILES string of the molecule is Cc1ccncc1C1C[C@H](N)c2ccc(Br)cc2O1. The molecule has 0 bridgehead atoms. The van der Waals surface area contributed by atoms with Crippen molar-refractivity contribution in [2.45, 2.75) is 25.5 Å². The lowest BCUT2D eigenvalue weighted by Crippen LogP contribution is -2.24. The maximum atomic E-state index is 6.26. The van der Waals surface area contributed by atoms with Gasteiger partial charge < -0.3 is 10.5 Å². The fraction of sp³-hybridized carbons (Fsp3) is 0.267. The van der Waals surface area contributed by atoms with Crippen molar-refractivity contribution < 1.29 is 4.74 Å². The summed E-state index contributed by atoms with van der Waals surface area (Å²) in [5.74, 6) is 0.862. The molecule has 3 nitrogen and oxygen atoms in total. The normalized spacial score (nSPS) is 21.6. The molecule has 2 atom stereocenters. The van der Waals surface area contributed by atoms with Crippen molar-refractivity contribution in [1.82, 2.24) is 4.98 Å². The highest BCUT2D eigenvalue weighted by atomic mass is 79.9. The van der Waals surface area contributed by atoms with Gasteiger partial charge in [0, 0.05) is 40.5 Å². The van der Waals surface area contributed by atoms with E-state index in [1.165, 1.54) is 5.56 Å². The number of ether oxygens (including phenoxy) is 1. The van der Waals surface area contributed by atoms with Crippen LogP contribution in [0.25, 0.3) is 0 Å². The second kappa shape index (κ2) is 4.94. The maximum absolute atomic E-state index is 6.26. The van der Waals surface area contributed by atoms with Gasteiger partial charge in [-0.15, -0.1) is 0 Å². The van der Waals surface area contributed by atoms with E-state index < -0.39 is 0 Å². The number of aryl methyl sites for hydroxylation is 1. The molecule has 0 saturated carbocycles. The van der Waals surface area contributed by atoms with Crippen LogP contribution in [0.5, 0.6) is 5.75 Å². The van der Waals surface area contributed by atoms with E-state index in [4.69, 9.17) is 10.5 Å². The summed E-state index contributed by atoms with van der Waals surface area (Å²) < 4.78 is 7.10. The van der Waals surface area contributed by atoms with Crippen LogP contribution in [0.2, 0.25) is 0 Å². The monoisotopic (exact) mass is 318 g/mol. The van der Waals surface area contributed by atoms with E-state index in [2.05, 4.69) is 27.8 Å². The van der Waals surface area contributed by atoms with Crippen LogP contribution in [0.1, 0.15) is 35.3 Å². The first-order valence-electron chi connectivity index (χ1n) is 6.27. The second-order valence-corrected chi connectivity index (χ2v) is 5.78. The minimum absolute atomic E-state index is 0.00135. The Kier molecular flexibility index (Phi) is 3.29. The molecule has 1 aromatic heterocycles. The molecule has 2 aromatic rings. The van der Waals surface area contributed by atoms with E-state index in [1.807, 2.05) is 30.5 Å². The number of hydrogen-bond acceptors (Lipinski definition) is 3. The first-order valence-corrected chi connectivity index (χ1v) is 7.06. The number of rotatable bonds is 1. The largest absolute Gasteiger partial charge is 0.485 e. The van der Waals surface area contributed by atoms with Crippen molar-refractivity contribution >= 4 is 15.9 Å². The molecule has 19 heavy (non-hydrogen) atoms. The maximum Gasteiger partial charge on any atom is 0.127 e. The van der Waals surface area contributed by atoms with E-state index in [9.17, 15) is 0 Å². The molecule has 1 aliphatic rings. The Balaban J connectivity index is 1.99. The van der Waals surface area contributed by atoms with Gasteiger partial charge in [-0.2, -0.15) is 0 Å². The topological polar surface area (TPSA) is 48.1 Å². The highest BCUT2D eigenvalue weighted by molar-refractivity contribution is 9.10. The quantitative estimate of drug-likeness (QED) is 0.872. The predicted octanol–water partition coefficient (Wildman–Crippen LogP) is 3.68. The molecule has 0 aliphatic carbocycles. The summed E-state index contributed by atoms with van der Waals surface area (Å²) in [5.41, 5.74) is 9.63. The number of aromatic nitrogens is 1. The highest BCUT2D eigenvalue weighted by Gasteiger charge is 2.28. The minimum atomic E-state index is -0.0227. The summed E-state index contributed by atoms with van der Waals surface area (Å²) in [7, 11) is 0. The molecule has 2 heterocycles. The van der Waals surface area contributed by atoms with Crippen molar-refractivity contribution in [1.29, 1.82) is 0 Å². The molecule has 0 spiro atoms. The fourth-order valence-corrected chi connectivity index (χ4v) is 2.82. The molecule has 0 amide bonds. The average molecular weight is 319 g/mol. The molecule has 1 aliphatic heterocycles. The van der Waals surface area contributed by atoms with Gasteiger partial charge in [0.1, 0.15) is 11.9 Å². The lowest BCUT2D eigenvalue weighted by molar-refractivity contribution is 0.160. The number of halogens is 1. The van der Waals surface area contributed by atoms with Crippen LogP contribution >= 0.6 is 15.9 Å². The van der Waals surface area contributed by atoms with Gasteiger partial charge in [-0.1, -0.05) is 22.0 Å². The molecule has 0 saturated heterocycles. The fourth-order valence-electron chi connectivity index (χ4n) is 2.48. The molecular weight excluding hydrogens is 304 g/mol. The summed E-state index contributed by atoms with van der Waals surface area (Å²) >= 11 is 3.47. The molecule has 0 radical (unpaired) electrons. The molecule has 3 rings (SSSR count). The number of fused-ring (bicyclic) bond motifs is 1. The van der Waals surface area contributed by atoms with E-state index in [1.54, 1.807) is 6.20 Å². The molecular formula is C15H15BrN2O. The Labute approximate surface area is 120 Å². The lowest BCUT2D eigenvalue weighted by Gasteiger charge is -2.31. The Morgan fingerprint density at radius 1 is 1.32 bits per heavy atom. The smallest absolute Gasteiger partial charge is 0.127 e. The minimum Gasteiger partial charge on any atom is -0.485 e. The third-order valence-electron chi connectivity index (χ3n) is 3.54. The average Bonchev–Trinajstić information content (AvgIpc) is 2.38. The third-order valence-corrected chi connectivity index (χ3v) is 4.03. The molecule has 2 N–H and O–H groups in total. The van der Waals surface area contributed by atoms with Gasteiger partial charge in [0.25, 0.3) is 0 Å². The summed E-state index contributed by atoms with van der Waals surface area (Å²) in [6.45, 7) is 2.07. The number of pyridine rings is 1. The zero-order valence-corrected chi connectivity index (χ0v) is 12.2. The summed E-state index contributed by atoms with van der Waals surface area (Å²) in [5, 5.41) is 0. The first kappa shape index (κ1) is 12.6. The van der Waals surface area contributed by atoms with Gasteiger partial charge in [0.2, 0.25) is 0 Å². The van der Waals surface area contributed by atoms with Crippen LogP contribution in [0.15, 0.2) is 41.1 Å². The summed E-state index contributed by atoms with van der Waals surface area (Å²) in [4.78, 5) is 4.19. The van der Waals surface area contributed by atoms with Crippen LogP contribution in [0.4, 0.5) is 0 Å². The molecule has 1 aromatic carbocycles. The third kappa shape index (κ3) is 2.38. The van der Waals surface area contributed by atoms with Crippen molar-refractivity contribution in [3.63, 3.8) is 0 Å². The van der Waals surface area contributed by atoms with E-state index in [-0.39, 0.29) is 12.1 Å². The second-order valence-electron chi connectivity index (χ2n) is 4.86. The Morgan fingerprint density at radius 2 is 2.16 bits per heavy atom. The van der Waals surface area contributed by atoms with Gasteiger partial charge in [0.15, 0.2) is 0 Å². The van der Waals surface area contributed by atoms with Crippen molar-refractivity contribution in [2.24, 2.45) is 5.73 Å². The Morgan fingerprint density at radius 3 is 2.95 bits per heavy atom. The molecule has 0 fully saturated rings. The highest BCUT2D eigenvalue weighted by Crippen LogP contribution is 2.41. The molecule has 98 valence electrons. The van der Waals surface area contributed by atoms with Crippen LogP contribution in [-0.2, 0) is 0 Å². The van der Waals surface area contributed by atoms with Crippen LogP contribution < -0.4 is 10.5 Å². The number of nitrogens with two attached hydrogens (primary N) is 1. The van der Waals surface area contributed by atoms with E-state index >= 15 is 0 Å². The predicted molar refractivity (Wildman–Crippen MR) is 78.0 cm³/mol. The number of hydrogen-bond donors (Lipinski definition) is 1. The Hall–Kier alpha value is -1.39. The first-order chi connectivity index (χ1) is 9.15. The summed E-state index contributed by atoms with van der Waals surface area (Å²) in [6.07, 6.45) is 4.42. The van der Waals surface area contributed by atoms with Crippen LogP contribution in [0, 0.1) is 6.92 Å². The van der Waals surface area contributed by atoms with Gasteiger partial charge in [-0.3, -0.25) is 4.98 Å². The van der Waals surface area contributed by atoms with Gasteiger partial charge in [-0.05, 0) is 30.7 Å². The van der Waals surface area contributed by atoms with Gasteiger partial charge in [-0.25, -0.2) is 0 Å². The number of benzene rings is 1. The van der Waals surface area contributed by atoms with Gasteiger partial charge in [0.05, 0.1) is 0 Å².